The molecule has 1 aromatic carbocycles. The number of phenols is 1. The van der Waals surface area contributed by atoms with Crippen molar-refractivity contribution in [2.24, 2.45) is 5.11 Å². The SMILES string of the molecule is [N-]=[N+]=NC(CO)c1ccc(O)cc1. The van der Waals surface area contributed by atoms with Gasteiger partial charge in [0, 0.05) is 4.91 Å². The van der Waals surface area contributed by atoms with Gasteiger partial charge in [0.15, 0.2) is 0 Å². The van der Waals surface area contributed by atoms with Crippen molar-refractivity contribution in [3.05, 3.63) is 40.3 Å². The number of nitrogens with zero attached hydrogens (tertiary/aromatic N) is 3. The van der Waals surface area contributed by atoms with Crippen LogP contribution >= 0.6 is 0 Å². The number of azide groups is 1. The van der Waals surface area contributed by atoms with Gasteiger partial charge in [-0.3, -0.25) is 0 Å². The fourth-order valence-corrected chi connectivity index (χ4v) is 0.967. The van der Waals surface area contributed by atoms with Crippen molar-refractivity contribution in [3.63, 3.8) is 0 Å². The zero-order valence-corrected chi connectivity index (χ0v) is 6.83. The van der Waals surface area contributed by atoms with Crippen molar-refractivity contribution in [2.75, 3.05) is 6.61 Å². The van der Waals surface area contributed by atoms with E-state index in [9.17, 15) is 0 Å². The highest BCUT2D eigenvalue weighted by Crippen LogP contribution is 2.19. The van der Waals surface area contributed by atoms with Gasteiger partial charge < -0.3 is 10.2 Å². The summed E-state index contributed by atoms with van der Waals surface area (Å²) in [5.74, 6) is 0.140. The molecular weight excluding hydrogens is 170 g/mol. The largest absolute Gasteiger partial charge is 0.508 e. The summed E-state index contributed by atoms with van der Waals surface area (Å²) in [5.41, 5.74) is 8.86. The Morgan fingerprint density at radius 1 is 1.38 bits per heavy atom. The first-order valence-electron chi connectivity index (χ1n) is 3.72. The molecule has 1 unspecified atom stereocenters. The molecule has 2 N–H and O–H groups in total. The molecule has 0 heterocycles. The summed E-state index contributed by atoms with van der Waals surface area (Å²) in [6.45, 7) is -0.241. The summed E-state index contributed by atoms with van der Waals surface area (Å²) >= 11 is 0. The molecule has 1 rings (SSSR count). The van der Waals surface area contributed by atoms with Crippen molar-refractivity contribution in [1.29, 1.82) is 0 Å². The van der Waals surface area contributed by atoms with Crippen molar-refractivity contribution in [1.82, 2.24) is 0 Å². The van der Waals surface area contributed by atoms with E-state index in [2.05, 4.69) is 10.0 Å². The third-order valence-electron chi connectivity index (χ3n) is 1.64. The minimum Gasteiger partial charge on any atom is -0.508 e. The van der Waals surface area contributed by atoms with E-state index in [0.717, 1.165) is 0 Å². The number of benzene rings is 1. The van der Waals surface area contributed by atoms with E-state index in [1.807, 2.05) is 0 Å². The Morgan fingerprint density at radius 3 is 2.46 bits per heavy atom. The smallest absolute Gasteiger partial charge is 0.115 e. The third-order valence-corrected chi connectivity index (χ3v) is 1.64. The Hall–Kier alpha value is -1.71. The van der Waals surface area contributed by atoms with Gasteiger partial charge in [-0.1, -0.05) is 17.2 Å². The van der Waals surface area contributed by atoms with Gasteiger partial charge in [-0.2, -0.15) is 0 Å². The number of hydrogen-bond acceptors (Lipinski definition) is 3. The first kappa shape index (κ1) is 9.38. The minimum atomic E-state index is -0.578. The Morgan fingerprint density at radius 2 is 2.00 bits per heavy atom. The molecule has 0 bridgehead atoms. The van der Waals surface area contributed by atoms with Crippen molar-refractivity contribution in [2.45, 2.75) is 6.04 Å². The molecule has 1 atom stereocenters. The molecule has 0 fully saturated rings. The first-order chi connectivity index (χ1) is 6.27. The van der Waals surface area contributed by atoms with Gasteiger partial charge in [0.1, 0.15) is 5.75 Å². The lowest BCUT2D eigenvalue weighted by molar-refractivity contribution is 0.268. The van der Waals surface area contributed by atoms with Crippen molar-refractivity contribution < 1.29 is 10.2 Å². The molecule has 0 aromatic heterocycles. The van der Waals surface area contributed by atoms with Crippen molar-refractivity contribution in [3.8, 4) is 5.75 Å². The monoisotopic (exact) mass is 179 g/mol. The van der Waals surface area contributed by atoms with Gasteiger partial charge in [-0.15, -0.1) is 0 Å². The van der Waals surface area contributed by atoms with Gasteiger partial charge in [0.05, 0.1) is 12.6 Å². The average Bonchev–Trinajstić information content (AvgIpc) is 2.16. The minimum absolute atomic E-state index is 0.140. The molecule has 0 saturated carbocycles. The van der Waals surface area contributed by atoms with Gasteiger partial charge in [-0.25, -0.2) is 0 Å². The van der Waals surface area contributed by atoms with Crippen LogP contribution in [0.2, 0.25) is 0 Å². The molecule has 68 valence electrons. The third kappa shape index (κ3) is 2.37. The molecule has 1 aromatic rings. The van der Waals surface area contributed by atoms with Crippen LogP contribution in [-0.2, 0) is 0 Å². The zero-order valence-electron chi connectivity index (χ0n) is 6.83. The highest BCUT2D eigenvalue weighted by Gasteiger charge is 2.06. The van der Waals surface area contributed by atoms with E-state index in [1.165, 1.54) is 12.1 Å². The van der Waals surface area contributed by atoms with Crippen LogP contribution in [-0.4, -0.2) is 16.8 Å². The lowest BCUT2D eigenvalue weighted by Crippen LogP contribution is -1.99. The Kier molecular flexibility index (Phi) is 3.14. The molecule has 0 aliphatic carbocycles. The van der Waals surface area contributed by atoms with E-state index in [1.54, 1.807) is 12.1 Å². The topological polar surface area (TPSA) is 89.2 Å². The maximum Gasteiger partial charge on any atom is 0.115 e. The predicted octanol–water partition coefficient (Wildman–Crippen LogP) is 1.74. The number of hydrogen-bond donors (Lipinski definition) is 2. The van der Waals surface area contributed by atoms with E-state index in [-0.39, 0.29) is 12.4 Å². The quantitative estimate of drug-likeness (QED) is 0.420. The Labute approximate surface area is 74.9 Å². The second kappa shape index (κ2) is 4.35. The lowest BCUT2D eigenvalue weighted by atomic mass is 10.1. The Balaban J connectivity index is 2.91. The van der Waals surface area contributed by atoms with Crippen LogP contribution in [0.25, 0.3) is 10.4 Å². The first-order valence-corrected chi connectivity index (χ1v) is 3.72. The molecule has 0 saturated heterocycles. The maximum atomic E-state index is 8.98. The van der Waals surface area contributed by atoms with Crippen LogP contribution in [0, 0.1) is 0 Å². The number of phenolic OH excluding ortho intramolecular Hbond substituents is 1. The molecule has 0 spiro atoms. The van der Waals surface area contributed by atoms with E-state index >= 15 is 0 Å². The fourth-order valence-electron chi connectivity index (χ4n) is 0.967. The second-order valence-electron chi connectivity index (χ2n) is 2.49. The van der Waals surface area contributed by atoms with Gasteiger partial charge in [0.2, 0.25) is 0 Å². The fraction of sp³-hybridized carbons (Fsp3) is 0.250. The molecule has 5 heteroatoms. The number of rotatable bonds is 3. The standard InChI is InChI=1S/C8H9N3O2/c9-11-10-8(5-12)6-1-3-7(13)4-2-6/h1-4,8,12-13H,5H2. The average molecular weight is 179 g/mol. The van der Waals surface area contributed by atoms with Crippen LogP contribution in [0.1, 0.15) is 11.6 Å². The zero-order chi connectivity index (χ0) is 9.68. The van der Waals surface area contributed by atoms with Crippen LogP contribution in [0.15, 0.2) is 29.4 Å². The maximum absolute atomic E-state index is 8.98. The highest BCUT2D eigenvalue weighted by molar-refractivity contribution is 5.28. The predicted molar refractivity (Wildman–Crippen MR) is 47.1 cm³/mol. The van der Waals surface area contributed by atoms with E-state index in [0.29, 0.717) is 5.56 Å². The van der Waals surface area contributed by atoms with Crippen LogP contribution in [0.3, 0.4) is 0 Å². The normalized spacial score (nSPS) is 11.8. The number of aliphatic hydroxyl groups is 1. The molecule has 0 aliphatic heterocycles. The van der Waals surface area contributed by atoms with E-state index < -0.39 is 6.04 Å². The summed E-state index contributed by atoms with van der Waals surface area (Å²) in [6, 6.07) is 5.58. The highest BCUT2D eigenvalue weighted by atomic mass is 16.3. The molecule has 13 heavy (non-hydrogen) atoms. The van der Waals surface area contributed by atoms with Gasteiger partial charge in [0.25, 0.3) is 0 Å². The summed E-state index contributed by atoms with van der Waals surface area (Å²) in [5, 5.41) is 21.2. The van der Waals surface area contributed by atoms with Crippen molar-refractivity contribution >= 4 is 0 Å². The van der Waals surface area contributed by atoms with E-state index in [4.69, 9.17) is 15.7 Å². The lowest BCUT2D eigenvalue weighted by Gasteiger charge is -2.06. The van der Waals surface area contributed by atoms with Crippen LogP contribution < -0.4 is 0 Å². The van der Waals surface area contributed by atoms with Gasteiger partial charge >= 0.3 is 0 Å². The summed E-state index contributed by atoms with van der Waals surface area (Å²) in [7, 11) is 0. The second-order valence-corrected chi connectivity index (χ2v) is 2.49. The molecular formula is C8H9N3O2. The molecule has 0 amide bonds. The number of aromatic hydroxyl groups is 1. The molecule has 0 aliphatic rings. The Bertz CT molecular complexity index is 317. The molecule has 5 nitrogen and oxygen atoms in total. The van der Waals surface area contributed by atoms with Crippen LogP contribution in [0.5, 0.6) is 5.75 Å². The van der Waals surface area contributed by atoms with Crippen LogP contribution in [0.4, 0.5) is 0 Å². The summed E-state index contributed by atoms with van der Waals surface area (Å²) in [4.78, 5) is 2.61. The summed E-state index contributed by atoms with van der Waals surface area (Å²) in [6.07, 6.45) is 0. The number of aliphatic hydroxyl groups excluding tert-OH is 1. The summed E-state index contributed by atoms with van der Waals surface area (Å²) < 4.78 is 0. The van der Waals surface area contributed by atoms with Gasteiger partial charge in [-0.05, 0) is 23.2 Å². The molecule has 0 radical (unpaired) electrons.